The van der Waals surface area contributed by atoms with Gasteiger partial charge in [-0.1, -0.05) is 30.4 Å². The van der Waals surface area contributed by atoms with E-state index in [1.165, 1.54) is 5.56 Å². The molecule has 19 heavy (non-hydrogen) atoms. The maximum Gasteiger partial charge on any atom is 0.133 e. The van der Waals surface area contributed by atoms with Crippen LogP contribution < -0.4 is 10.6 Å². The van der Waals surface area contributed by atoms with Crippen LogP contribution in [0.2, 0.25) is 0 Å². The summed E-state index contributed by atoms with van der Waals surface area (Å²) >= 11 is 4.97. The lowest BCUT2D eigenvalue weighted by atomic mass is 10.2. The van der Waals surface area contributed by atoms with Gasteiger partial charge < -0.3 is 10.6 Å². The van der Waals surface area contributed by atoms with Gasteiger partial charge in [-0.05, 0) is 36.8 Å². The highest BCUT2D eigenvalue weighted by Gasteiger charge is 2.10. The number of benzene rings is 1. The Hall–Kier alpha value is -1.94. The van der Waals surface area contributed by atoms with Crippen LogP contribution in [0.1, 0.15) is 12.0 Å². The number of rotatable bonds is 5. The van der Waals surface area contributed by atoms with Crippen LogP contribution in [-0.4, -0.2) is 16.5 Å². The normalized spacial score (nSPS) is 10.2. The second-order valence-electron chi connectivity index (χ2n) is 4.39. The Morgan fingerprint density at radius 3 is 2.63 bits per heavy atom. The molecule has 0 radical (unpaired) electrons. The number of aromatic nitrogens is 1. The number of hydrogen-bond acceptors (Lipinski definition) is 3. The number of aryl methyl sites for hydroxylation is 1. The van der Waals surface area contributed by atoms with Gasteiger partial charge in [-0.25, -0.2) is 4.98 Å². The van der Waals surface area contributed by atoms with Crippen LogP contribution in [0.3, 0.4) is 0 Å². The van der Waals surface area contributed by atoms with Crippen LogP contribution in [0.5, 0.6) is 0 Å². The third-order valence-corrected chi connectivity index (χ3v) is 3.03. The van der Waals surface area contributed by atoms with E-state index in [0.29, 0.717) is 11.4 Å². The van der Waals surface area contributed by atoms with Gasteiger partial charge in [0.25, 0.3) is 0 Å². The van der Waals surface area contributed by atoms with Gasteiger partial charge in [0.1, 0.15) is 5.82 Å². The van der Waals surface area contributed by atoms with E-state index >= 15 is 0 Å². The zero-order valence-corrected chi connectivity index (χ0v) is 11.7. The van der Waals surface area contributed by atoms with E-state index in [9.17, 15) is 0 Å². The Balaban J connectivity index is 2.31. The average molecular weight is 271 g/mol. The van der Waals surface area contributed by atoms with Gasteiger partial charge in [-0.2, -0.15) is 0 Å². The van der Waals surface area contributed by atoms with Gasteiger partial charge in [0.05, 0.1) is 4.99 Å². The van der Waals surface area contributed by atoms with Crippen molar-refractivity contribution in [3.8, 4) is 0 Å². The monoisotopic (exact) mass is 271 g/mol. The molecule has 0 aliphatic heterocycles. The maximum atomic E-state index is 5.61. The minimum absolute atomic E-state index is 0.522. The predicted molar refractivity (Wildman–Crippen MR) is 83.8 cm³/mol. The summed E-state index contributed by atoms with van der Waals surface area (Å²) in [7, 11) is 0. The zero-order valence-electron chi connectivity index (χ0n) is 10.9. The molecular weight excluding hydrogens is 254 g/mol. The molecule has 4 heteroatoms. The fourth-order valence-corrected chi connectivity index (χ4v) is 1.96. The van der Waals surface area contributed by atoms with Crippen LogP contribution in [0.15, 0.2) is 48.7 Å². The predicted octanol–water partition coefficient (Wildman–Crippen LogP) is 3.20. The molecule has 0 bridgehead atoms. The third-order valence-electron chi connectivity index (χ3n) is 2.83. The first-order valence-corrected chi connectivity index (χ1v) is 6.61. The number of nitrogens with zero attached hydrogens (tertiary/aromatic N) is 2. The van der Waals surface area contributed by atoms with Crippen molar-refractivity contribution in [2.75, 3.05) is 11.4 Å². The van der Waals surface area contributed by atoms with E-state index < -0.39 is 0 Å². The number of para-hydroxylation sites is 1. The van der Waals surface area contributed by atoms with Gasteiger partial charge in [-0.15, -0.1) is 0 Å². The molecule has 1 aromatic heterocycles. The molecule has 0 fully saturated rings. The highest BCUT2D eigenvalue weighted by atomic mass is 32.1. The van der Waals surface area contributed by atoms with Crippen LogP contribution in [-0.2, 0) is 0 Å². The molecule has 3 nitrogen and oxygen atoms in total. The summed E-state index contributed by atoms with van der Waals surface area (Å²) in [6.45, 7) is 2.79. The van der Waals surface area contributed by atoms with Gasteiger partial charge in [0.2, 0.25) is 0 Å². The Morgan fingerprint density at radius 2 is 2.00 bits per heavy atom. The summed E-state index contributed by atoms with van der Waals surface area (Å²) in [6, 6.07) is 14.2. The van der Waals surface area contributed by atoms with Gasteiger partial charge in [-0.3, -0.25) is 0 Å². The Morgan fingerprint density at radius 1 is 1.26 bits per heavy atom. The van der Waals surface area contributed by atoms with Crippen LogP contribution in [0, 0.1) is 6.92 Å². The minimum atomic E-state index is 0.522. The molecule has 2 aromatic rings. The molecule has 1 aromatic carbocycles. The van der Waals surface area contributed by atoms with E-state index in [0.717, 1.165) is 18.1 Å². The highest BCUT2D eigenvalue weighted by molar-refractivity contribution is 7.80. The number of nitrogens with two attached hydrogens (primary N) is 1. The summed E-state index contributed by atoms with van der Waals surface area (Å²) in [5.41, 5.74) is 7.89. The minimum Gasteiger partial charge on any atom is -0.393 e. The Bertz CT molecular complexity index is 554. The standard InChI is InChI=1S/C15H17N3S/c1-12-7-9-17-15(11-12)18(10-8-14(16)19)13-5-3-2-4-6-13/h2-7,9,11H,8,10H2,1H3,(H2,16,19). The summed E-state index contributed by atoms with van der Waals surface area (Å²) < 4.78 is 0. The maximum absolute atomic E-state index is 5.61. The highest BCUT2D eigenvalue weighted by Crippen LogP contribution is 2.23. The smallest absolute Gasteiger partial charge is 0.133 e. The van der Waals surface area contributed by atoms with E-state index in [1.807, 2.05) is 30.5 Å². The SMILES string of the molecule is Cc1ccnc(N(CCC(N)=S)c2ccccc2)c1. The second-order valence-corrected chi connectivity index (χ2v) is 4.92. The van der Waals surface area contributed by atoms with Crippen molar-refractivity contribution in [1.29, 1.82) is 0 Å². The molecule has 0 aliphatic rings. The summed E-state index contributed by atoms with van der Waals surface area (Å²) in [4.78, 5) is 7.09. The molecule has 1 heterocycles. The average Bonchev–Trinajstić information content (AvgIpc) is 2.40. The quantitative estimate of drug-likeness (QED) is 0.848. The molecule has 0 aliphatic carbocycles. The van der Waals surface area contributed by atoms with Gasteiger partial charge >= 0.3 is 0 Å². The van der Waals surface area contributed by atoms with E-state index in [-0.39, 0.29) is 0 Å². The molecule has 0 spiro atoms. The molecule has 0 unspecified atom stereocenters. The Labute approximate surface area is 119 Å². The molecule has 2 rings (SSSR count). The van der Waals surface area contributed by atoms with Gasteiger partial charge in [0, 0.05) is 24.8 Å². The zero-order chi connectivity index (χ0) is 13.7. The molecule has 0 amide bonds. The lowest BCUT2D eigenvalue weighted by Crippen LogP contribution is -2.23. The molecule has 2 N–H and O–H groups in total. The summed E-state index contributed by atoms with van der Waals surface area (Å²) in [6.07, 6.45) is 2.49. The number of thiocarbonyl (C=S) groups is 1. The van der Waals surface area contributed by atoms with Crippen LogP contribution in [0.4, 0.5) is 11.5 Å². The van der Waals surface area contributed by atoms with Crippen molar-refractivity contribution < 1.29 is 0 Å². The molecule has 98 valence electrons. The number of pyridine rings is 1. The Kier molecular flexibility index (Phi) is 4.47. The first kappa shape index (κ1) is 13.5. The largest absolute Gasteiger partial charge is 0.393 e. The molecule has 0 saturated heterocycles. The van der Waals surface area contributed by atoms with Gasteiger partial charge in [0.15, 0.2) is 0 Å². The van der Waals surface area contributed by atoms with Crippen LogP contribution >= 0.6 is 12.2 Å². The first-order valence-electron chi connectivity index (χ1n) is 6.20. The first-order chi connectivity index (χ1) is 9.16. The van der Waals surface area contributed by atoms with Crippen molar-refractivity contribution in [3.63, 3.8) is 0 Å². The number of anilines is 2. The topological polar surface area (TPSA) is 42.2 Å². The lowest BCUT2D eigenvalue weighted by Gasteiger charge is -2.24. The van der Waals surface area contributed by atoms with Crippen molar-refractivity contribution >= 4 is 28.7 Å². The number of hydrogen-bond donors (Lipinski definition) is 1. The lowest BCUT2D eigenvalue weighted by molar-refractivity contribution is 0.942. The second kappa shape index (κ2) is 6.29. The van der Waals surface area contributed by atoms with Crippen molar-refractivity contribution in [2.45, 2.75) is 13.3 Å². The fourth-order valence-electron chi connectivity index (χ4n) is 1.87. The fraction of sp³-hybridized carbons (Fsp3) is 0.200. The third kappa shape index (κ3) is 3.76. The summed E-state index contributed by atoms with van der Waals surface area (Å²) in [5, 5.41) is 0. The van der Waals surface area contributed by atoms with Crippen molar-refractivity contribution in [3.05, 3.63) is 54.2 Å². The van der Waals surface area contributed by atoms with E-state index in [4.69, 9.17) is 18.0 Å². The van der Waals surface area contributed by atoms with Crippen molar-refractivity contribution in [2.24, 2.45) is 5.73 Å². The van der Waals surface area contributed by atoms with E-state index in [2.05, 4.69) is 35.0 Å². The van der Waals surface area contributed by atoms with Crippen molar-refractivity contribution in [1.82, 2.24) is 4.98 Å². The molecule has 0 atom stereocenters. The summed E-state index contributed by atoms with van der Waals surface area (Å²) in [5.74, 6) is 0.919. The molecular formula is C15H17N3S. The molecule has 0 saturated carbocycles. The van der Waals surface area contributed by atoms with E-state index in [1.54, 1.807) is 0 Å². The van der Waals surface area contributed by atoms with Crippen LogP contribution in [0.25, 0.3) is 0 Å².